The molecule has 15 heavy (non-hydrogen) atoms. The molecule has 84 valence electrons. The Balaban J connectivity index is 3.14. The number of pyridine rings is 1. The van der Waals surface area contributed by atoms with Crippen LogP contribution in [0.15, 0.2) is 15.1 Å². The molecule has 0 atom stereocenters. The Morgan fingerprint density at radius 3 is 2.47 bits per heavy atom. The third-order valence-corrected chi connectivity index (χ3v) is 3.48. The summed E-state index contributed by atoms with van der Waals surface area (Å²) in [6.45, 7) is -0.113. The van der Waals surface area contributed by atoms with E-state index in [1.165, 1.54) is 6.20 Å². The van der Waals surface area contributed by atoms with Gasteiger partial charge in [0.15, 0.2) is 0 Å². The second kappa shape index (κ2) is 4.67. The molecular formula is C7H5Br2F3N2O. The third kappa shape index (κ3) is 3.32. The van der Waals surface area contributed by atoms with E-state index in [0.29, 0.717) is 8.95 Å². The van der Waals surface area contributed by atoms with Crippen molar-refractivity contribution in [1.82, 2.24) is 4.98 Å². The molecule has 0 aliphatic heterocycles. The summed E-state index contributed by atoms with van der Waals surface area (Å²) in [5, 5.41) is 0. The molecule has 1 rings (SSSR count). The van der Waals surface area contributed by atoms with Crippen molar-refractivity contribution in [2.24, 2.45) is 5.73 Å². The van der Waals surface area contributed by atoms with Gasteiger partial charge in [0.2, 0.25) is 5.88 Å². The summed E-state index contributed by atoms with van der Waals surface area (Å²) in [5.74, 6) is -0.542. The summed E-state index contributed by atoms with van der Waals surface area (Å²) in [6.07, 6.45) is -3.57. The van der Waals surface area contributed by atoms with Gasteiger partial charge in [-0.05, 0) is 31.9 Å². The molecule has 1 heterocycles. The number of rotatable bonds is 2. The lowest BCUT2D eigenvalue weighted by atomic mass is 10.3. The zero-order chi connectivity index (χ0) is 11.6. The quantitative estimate of drug-likeness (QED) is 0.893. The Kier molecular flexibility index (Phi) is 3.96. The molecule has 1 aromatic heterocycles. The average molecular weight is 350 g/mol. The molecular weight excluding hydrogens is 345 g/mol. The van der Waals surface area contributed by atoms with Gasteiger partial charge in [-0.1, -0.05) is 0 Å². The largest absolute Gasteiger partial charge is 0.574 e. The molecule has 0 radical (unpaired) electrons. The van der Waals surface area contributed by atoms with Crippen molar-refractivity contribution in [2.45, 2.75) is 12.9 Å². The van der Waals surface area contributed by atoms with Crippen LogP contribution in [0.3, 0.4) is 0 Å². The van der Waals surface area contributed by atoms with Gasteiger partial charge in [0.25, 0.3) is 0 Å². The van der Waals surface area contributed by atoms with Crippen LogP contribution in [0.5, 0.6) is 5.88 Å². The first-order chi connectivity index (χ1) is 6.85. The van der Waals surface area contributed by atoms with Crippen LogP contribution in [0.25, 0.3) is 0 Å². The lowest BCUT2D eigenvalue weighted by Gasteiger charge is -2.12. The smallest absolute Gasteiger partial charge is 0.387 e. The van der Waals surface area contributed by atoms with Crippen LogP contribution < -0.4 is 10.5 Å². The average Bonchev–Trinajstić information content (AvgIpc) is 2.10. The fourth-order valence-electron chi connectivity index (χ4n) is 0.862. The van der Waals surface area contributed by atoms with Crippen LogP contribution >= 0.6 is 31.9 Å². The Morgan fingerprint density at radius 2 is 2.00 bits per heavy atom. The third-order valence-electron chi connectivity index (χ3n) is 1.44. The summed E-state index contributed by atoms with van der Waals surface area (Å²) in [4.78, 5) is 3.50. The molecule has 0 saturated carbocycles. The van der Waals surface area contributed by atoms with Gasteiger partial charge in [-0.15, -0.1) is 13.2 Å². The van der Waals surface area contributed by atoms with E-state index >= 15 is 0 Å². The minimum atomic E-state index is -4.77. The van der Waals surface area contributed by atoms with Crippen molar-refractivity contribution in [3.8, 4) is 5.88 Å². The van der Waals surface area contributed by atoms with E-state index < -0.39 is 12.2 Å². The lowest BCUT2D eigenvalue weighted by molar-refractivity contribution is -0.276. The minimum absolute atomic E-state index is 0.113. The van der Waals surface area contributed by atoms with Crippen LogP contribution in [-0.4, -0.2) is 11.3 Å². The number of ether oxygens (including phenoxy) is 1. The number of nitrogens with two attached hydrogens (primary N) is 1. The molecule has 0 fully saturated rings. The van der Waals surface area contributed by atoms with E-state index in [0.717, 1.165) is 0 Å². The van der Waals surface area contributed by atoms with Gasteiger partial charge in [-0.25, -0.2) is 4.98 Å². The molecule has 1 aromatic rings. The monoisotopic (exact) mass is 348 g/mol. The SMILES string of the molecule is NCc1c(OC(F)(F)F)ncc(Br)c1Br. The van der Waals surface area contributed by atoms with Crippen LogP contribution in [0.4, 0.5) is 13.2 Å². The van der Waals surface area contributed by atoms with E-state index in [2.05, 4.69) is 41.6 Å². The molecule has 8 heteroatoms. The lowest BCUT2D eigenvalue weighted by Crippen LogP contribution is -2.20. The molecule has 0 unspecified atom stereocenters. The second-order valence-corrected chi connectivity index (χ2v) is 4.10. The van der Waals surface area contributed by atoms with E-state index in [9.17, 15) is 13.2 Å². The summed E-state index contributed by atoms with van der Waals surface area (Å²) >= 11 is 6.18. The molecule has 0 aliphatic carbocycles. The maximum atomic E-state index is 12.0. The van der Waals surface area contributed by atoms with Gasteiger partial charge in [-0.2, -0.15) is 0 Å². The molecule has 0 bridgehead atoms. The standard InChI is InChI=1S/C7H5Br2F3N2O/c8-4-2-14-6(15-7(10,11)12)3(1-13)5(4)9/h2H,1,13H2. The van der Waals surface area contributed by atoms with Gasteiger partial charge in [0, 0.05) is 22.8 Å². The van der Waals surface area contributed by atoms with Gasteiger partial charge in [0.1, 0.15) is 0 Å². The Hall–Kier alpha value is -0.340. The topological polar surface area (TPSA) is 48.1 Å². The van der Waals surface area contributed by atoms with Crippen LogP contribution in [0, 0.1) is 0 Å². The van der Waals surface area contributed by atoms with E-state index in [4.69, 9.17) is 5.73 Å². The zero-order valence-corrected chi connectivity index (χ0v) is 10.3. The first kappa shape index (κ1) is 12.7. The highest BCUT2D eigenvalue weighted by Gasteiger charge is 2.33. The van der Waals surface area contributed by atoms with Gasteiger partial charge < -0.3 is 10.5 Å². The number of aromatic nitrogens is 1. The number of nitrogens with zero attached hydrogens (tertiary/aromatic N) is 1. The first-order valence-electron chi connectivity index (χ1n) is 3.64. The highest BCUT2D eigenvalue weighted by Crippen LogP contribution is 2.33. The summed E-state index contributed by atoms with van der Waals surface area (Å²) in [5.41, 5.74) is 5.46. The number of hydrogen-bond acceptors (Lipinski definition) is 3. The van der Waals surface area contributed by atoms with Crippen LogP contribution in [0.1, 0.15) is 5.56 Å². The maximum absolute atomic E-state index is 12.0. The fraction of sp³-hybridized carbons (Fsp3) is 0.286. The van der Waals surface area contributed by atoms with Gasteiger partial charge in [-0.3, -0.25) is 0 Å². The van der Waals surface area contributed by atoms with Crippen molar-refractivity contribution in [3.63, 3.8) is 0 Å². The van der Waals surface area contributed by atoms with Crippen molar-refractivity contribution >= 4 is 31.9 Å². The van der Waals surface area contributed by atoms with Crippen LogP contribution in [0.2, 0.25) is 0 Å². The van der Waals surface area contributed by atoms with Crippen molar-refractivity contribution < 1.29 is 17.9 Å². The van der Waals surface area contributed by atoms with E-state index in [1.54, 1.807) is 0 Å². The summed E-state index contributed by atoms with van der Waals surface area (Å²) in [6, 6.07) is 0. The Bertz CT molecular complexity index is 370. The predicted molar refractivity (Wildman–Crippen MR) is 54.2 cm³/mol. The molecule has 0 aromatic carbocycles. The summed E-state index contributed by atoms with van der Waals surface area (Å²) in [7, 11) is 0. The molecule has 0 saturated heterocycles. The Labute approximate surface area is 100 Å². The first-order valence-corrected chi connectivity index (χ1v) is 5.22. The highest BCUT2D eigenvalue weighted by atomic mass is 79.9. The molecule has 3 nitrogen and oxygen atoms in total. The van der Waals surface area contributed by atoms with Gasteiger partial charge in [0.05, 0.1) is 4.47 Å². The molecule has 2 N–H and O–H groups in total. The minimum Gasteiger partial charge on any atom is -0.387 e. The van der Waals surface area contributed by atoms with Crippen molar-refractivity contribution in [2.75, 3.05) is 0 Å². The molecule has 0 aliphatic rings. The number of hydrogen-bond donors (Lipinski definition) is 1. The van der Waals surface area contributed by atoms with E-state index in [1.807, 2.05) is 0 Å². The highest BCUT2D eigenvalue weighted by molar-refractivity contribution is 9.13. The van der Waals surface area contributed by atoms with Crippen molar-refractivity contribution in [3.05, 3.63) is 20.7 Å². The zero-order valence-electron chi connectivity index (χ0n) is 7.11. The van der Waals surface area contributed by atoms with Crippen molar-refractivity contribution in [1.29, 1.82) is 0 Å². The fourth-order valence-corrected chi connectivity index (χ4v) is 1.64. The maximum Gasteiger partial charge on any atom is 0.574 e. The number of alkyl halides is 3. The molecule has 0 amide bonds. The molecule has 0 spiro atoms. The normalized spacial score (nSPS) is 11.6. The Morgan fingerprint density at radius 1 is 1.40 bits per heavy atom. The van der Waals surface area contributed by atoms with Gasteiger partial charge >= 0.3 is 6.36 Å². The van der Waals surface area contributed by atoms with E-state index in [-0.39, 0.29) is 12.1 Å². The second-order valence-electron chi connectivity index (χ2n) is 2.46. The number of halogens is 5. The van der Waals surface area contributed by atoms with Crippen LogP contribution in [-0.2, 0) is 6.54 Å². The summed E-state index contributed by atoms with van der Waals surface area (Å²) < 4.78 is 40.5. The predicted octanol–water partition coefficient (Wildman–Crippen LogP) is 2.96.